The van der Waals surface area contributed by atoms with E-state index in [1.807, 2.05) is 0 Å². The molecule has 0 aromatic heterocycles. The van der Waals surface area contributed by atoms with Crippen LogP contribution in [-0.2, 0) is 0 Å². The SMILES string of the molecule is Nc1c(-c2cc(C(=O)O)cc(C(=O)O)c2)cc(-c2cc(C(=O)O)cc(C(=O)O)c2)c2ccccc12. The fraction of sp³-hybridized carbons (Fsp3) is 0. The van der Waals surface area contributed by atoms with Crippen LogP contribution in [0.1, 0.15) is 41.4 Å². The summed E-state index contributed by atoms with van der Waals surface area (Å²) in [6.45, 7) is 0. The lowest BCUT2D eigenvalue weighted by atomic mass is 9.89. The molecule has 6 N–H and O–H groups in total. The molecule has 0 heterocycles. The van der Waals surface area contributed by atoms with Gasteiger partial charge in [0.05, 0.1) is 22.3 Å². The van der Waals surface area contributed by atoms with Crippen molar-refractivity contribution in [1.82, 2.24) is 0 Å². The molecule has 0 aliphatic rings. The largest absolute Gasteiger partial charge is 0.478 e. The zero-order valence-corrected chi connectivity index (χ0v) is 17.9. The first-order valence-corrected chi connectivity index (χ1v) is 10.1. The summed E-state index contributed by atoms with van der Waals surface area (Å²) in [5.74, 6) is -5.27. The number of carbonyl (C=O) groups is 4. The number of hydrogen-bond acceptors (Lipinski definition) is 5. The van der Waals surface area contributed by atoms with Crippen LogP contribution < -0.4 is 5.73 Å². The maximum Gasteiger partial charge on any atom is 0.335 e. The van der Waals surface area contributed by atoms with Gasteiger partial charge in [-0.3, -0.25) is 0 Å². The van der Waals surface area contributed by atoms with Crippen molar-refractivity contribution in [3.63, 3.8) is 0 Å². The van der Waals surface area contributed by atoms with Crippen molar-refractivity contribution in [3.05, 3.63) is 89.0 Å². The van der Waals surface area contributed by atoms with Gasteiger partial charge in [0.2, 0.25) is 0 Å². The Morgan fingerprint density at radius 3 is 1.29 bits per heavy atom. The minimum absolute atomic E-state index is 0.222. The first kappa shape index (κ1) is 23.0. The minimum atomic E-state index is -1.32. The lowest BCUT2D eigenvalue weighted by Crippen LogP contribution is -2.04. The summed E-state index contributed by atoms with van der Waals surface area (Å²) in [6, 6.07) is 15.8. The Labute approximate surface area is 197 Å². The second-order valence-electron chi connectivity index (χ2n) is 7.75. The summed E-state index contributed by atoms with van der Waals surface area (Å²) in [5.41, 5.74) is 6.95. The number of aromatic carboxylic acids is 4. The minimum Gasteiger partial charge on any atom is -0.478 e. The standard InChI is InChI=1S/C26H17NO8/c27-22-19-4-2-1-3-18(19)20(12-5-14(23(28)29)9-15(6-12)24(30)31)11-21(22)13-7-16(25(32)33)10-17(8-13)26(34)35/h1-11H,27H2,(H,28,29)(H,30,31)(H,32,33)(H,34,35). The maximum absolute atomic E-state index is 11.6. The van der Waals surface area contributed by atoms with Gasteiger partial charge in [0.15, 0.2) is 0 Å². The zero-order chi connectivity index (χ0) is 25.4. The Morgan fingerprint density at radius 1 is 0.514 bits per heavy atom. The predicted octanol–water partition coefficient (Wildman–Crippen LogP) is 4.55. The molecule has 0 saturated carbocycles. The van der Waals surface area contributed by atoms with Crippen molar-refractivity contribution in [3.8, 4) is 22.3 Å². The van der Waals surface area contributed by atoms with E-state index in [1.54, 1.807) is 30.3 Å². The second kappa shape index (κ2) is 8.64. The van der Waals surface area contributed by atoms with Gasteiger partial charge in [0, 0.05) is 16.6 Å². The highest BCUT2D eigenvalue weighted by Crippen LogP contribution is 2.40. The van der Waals surface area contributed by atoms with E-state index in [1.165, 1.54) is 24.3 Å². The molecular weight excluding hydrogens is 454 g/mol. The number of hydrogen-bond donors (Lipinski definition) is 5. The Bertz CT molecular complexity index is 1510. The van der Waals surface area contributed by atoms with Gasteiger partial charge < -0.3 is 26.2 Å². The highest BCUT2D eigenvalue weighted by atomic mass is 16.4. The van der Waals surface area contributed by atoms with Gasteiger partial charge in [-0.05, 0) is 64.5 Å². The molecule has 0 atom stereocenters. The van der Waals surface area contributed by atoms with E-state index in [9.17, 15) is 39.6 Å². The van der Waals surface area contributed by atoms with Crippen LogP contribution in [0, 0.1) is 0 Å². The van der Waals surface area contributed by atoms with Gasteiger partial charge >= 0.3 is 23.9 Å². The molecule has 0 bridgehead atoms. The second-order valence-corrected chi connectivity index (χ2v) is 7.75. The maximum atomic E-state index is 11.6. The molecule has 35 heavy (non-hydrogen) atoms. The van der Waals surface area contributed by atoms with Crippen LogP contribution in [0.5, 0.6) is 0 Å². The van der Waals surface area contributed by atoms with Crippen molar-refractivity contribution in [1.29, 1.82) is 0 Å². The molecule has 4 rings (SSSR count). The lowest BCUT2D eigenvalue weighted by molar-refractivity contribution is 0.0676. The van der Waals surface area contributed by atoms with E-state index in [-0.39, 0.29) is 39.1 Å². The summed E-state index contributed by atoms with van der Waals surface area (Å²) >= 11 is 0. The number of nitrogen functional groups attached to an aromatic ring is 1. The molecule has 0 aliphatic heterocycles. The summed E-state index contributed by atoms with van der Waals surface area (Å²) < 4.78 is 0. The molecular formula is C26H17NO8. The van der Waals surface area contributed by atoms with Crippen molar-refractivity contribution in [2.45, 2.75) is 0 Å². The summed E-state index contributed by atoms with van der Waals surface area (Å²) in [6.07, 6.45) is 0. The van der Waals surface area contributed by atoms with Crippen LogP contribution >= 0.6 is 0 Å². The first-order valence-electron chi connectivity index (χ1n) is 10.1. The number of carboxylic acid groups (broad SMARTS) is 4. The molecule has 0 fully saturated rings. The average molecular weight is 471 g/mol. The van der Waals surface area contributed by atoms with Gasteiger partial charge in [-0.1, -0.05) is 24.3 Å². The van der Waals surface area contributed by atoms with Crippen LogP contribution in [0.4, 0.5) is 5.69 Å². The number of fused-ring (bicyclic) bond motifs is 1. The molecule has 0 aliphatic carbocycles. The van der Waals surface area contributed by atoms with Gasteiger partial charge in [0.25, 0.3) is 0 Å². The van der Waals surface area contributed by atoms with E-state index >= 15 is 0 Å². The van der Waals surface area contributed by atoms with Crippen LogP contribution in [0.25, 0.3) is 33.0 Å². The quantitative estimate of drug-likeness (QED) is 0.253. The molecule has 0 spiro atoms. The third-order valence-corrected chi connectivity index (χ3v) is 5.56. The first-order chi connectivity index (χ1) is 16.6. The molecule has 9 heteroatoms. The highest BCUT2D eigenvalue weighted by Gasteiger charge is 2.19. The van der Waals surface area contributed by atoms with Crippen LogP contribution in [0.15, 0.2) is 66.7 Å². The van der Waals surface area contributed by atoms with Crippen molar-refractivity contribution in [2.75, 3.05) is 5.73 Å². The Balaban J connectivity index is 2.10. The number of rotatable bonds is 6. The summed E-state index contributed by atoms with van der Waals surface area (Å²) in [5, 5.41) is 39.1. The predicted molar refractivity (Wildman–Crippen MR) is 127 cm³/mol. The van der Waals surface area contributed by atoms with Crippen LogP contribution in [-0.4, -0.2) is 44.3 Å². The number of nitrogens with two attached hydrogens (primary N) is 1. The lowest BCUT2D eigenvalue weighted by Gasteiger charge is -2.16. The molecule has 0 saturated heterocycles. The Hall–Kier alpha value is -5.18. The molecule has 4 aromatic rings. The van der Waals surface area contributed by atoms with E-state index in [4.69, 9.17) is 5.73 Å². The number of anilines is 1. The van der Waals surface area contributed by atoms with E-state index < -0.39 is 23.9 Å². The zero-order valence-electron chi connectivity index (χ0n) is 17.9. The molecule has 0 amide bonds. The van der Waals surface area contributed by atoms with E-state index in [2.05, 4.69) is 0 Å². The van der Waals surface area contributed by atoms with Crippen molar-refractivity contribution in [2.24, 2.45) is 0 Å². The third kappa shape index (κ3) is 4.25. The normalized spacial score (nSPS) is 10.7. The summed E-state index contributed by atoms with van der Waals surface area (Å²) in [4.78, 5) is 46.5. The Kier molecular flexibility index (Phi) is 5.67. The van der Waals surface area contributed by atoms with Gasteiger partial charge in [-0.2, -0.15) is 0 Å². The molecule has 0 radical (unpaired) electrons. The van der Waals surface area contributed by atoms with Gasteiger partial charge in [-0.25, -0.2) is 19.2 Å². The Morgan fingerprint density at radius 2 is 0.886 bits per heavy atom. The fourth-order valence-electron chi connectivity index (χ4n) is 3.94. The third-order valence-electron chi connectivity index (χ3n) is 5.56. The molecule has 0 unspecified atom stereocenters. The monoisotopic (exact) mass is 471 g/mol. The topological polar surface area (TPSA) is 175 Å². The van der Waals surface area contributed by atoms with Gasteiger partial charge in [0.1, 0.15) is 0 Å². The average Bonchev–Trinajstić information content (AvgIpc) is 2.83. The number of benzene rings is 4. The van der Waals surface area contributed by atoms with E-state index in [0.29, 0.717) is 21.9 Å². The van der Waals surface area contributed by atoms with Crippen LogP contribution in [0.3, 0.4) is 0 Å². The highest BCUT2D eigenvalue weighted by molar-refractivity contribution is 6.10. The van der Waals surface area contributed by atoms with Crippen LogP contribution in [0.2, 0.25) is 0 Å². The fourth-order valence-corrected chi connectivity index (χ4v) is 3.94. The smallest absolute Gasteiger partial charge is 0.335 e. The summed E-state index contributed by atoms with van der Waals surface area (Å²) in [7, 11) is 0. The molecule has 174 valence electrons. The van der Waals surface area contributed by atoms with E-state index in [0.717, 1.165) is 12.1 Å². The van der Waals surface area contributed by atoms with Crippen molar-refractivity contribution < 1.29 is 39.6 Å². The number of carboxylic acids is 4. The van der Waals surface area contributed by atoms with Gasteiger partial charge in [-0.15, -0.1) is 0 Å². The van der Waals surface area contributed by atoms with Crippen molar-refractivity contribution >= 4 is 40.3 Å². The molecule has 9 nitrogen and oxygen atoms in total. The molecule has 4 aromatic carbocycles.